The Balaban J connectivity index is 1.43. The van der Waals surface area contributed by atoms with Crippen molar-refractivity contribution < 1.29 is 83.9 Å². The highest BCUT2D eigenvalue weighted by molar-refractivity contribution is 5.00. The van der Waals surface area contributed by atoms with Crippen LogP contribution < -0.4 is 22.9 Å². The molecule has 4 aliphatic rings. The Hall–Kier alpha value is -0.840. The smallest absolute Gasteiger partial charge is 0.176 e. The number of hydrogen-bond donors (Lipinski definition) is 13. The lowest BCUT2D eigenvalue weighted by Crippen LogP contribution is -2.70. The van der Waals surface area contributed by atoms with Gasteiger partial charge in [0, 0.05) is 7.11 Å². The summed E-state index contributed by atoms with van der Waals surface area (Å²) in [7, 11) is 1.30. The van der Waals surface area contributed by atoms with Crippen molar-refractivity contribution in [3.8, 4) is 0 Å². The molecule has 0 aliphatic carbocycles. The third-order valence-electron chi connectivity index (χ3n) is 8.74. The minimum atomic E-state index is -1.63. The fourth-order valence-electron chi connectivity index (χ4n) is 5.92. The van der Waals surface area contributed by atoms with Gasteiger partial charge in [-0.1, -0.05) is 0 Å². The summed E-state index contributed by atoms with van der Waals surface area (Å²) in [6.07, 6.45) is -22.4. The zero-order valence-corrected chi connectivity index (χ0v) is 25.0. The summed E-state index contributed by atoms with van der Waals surface area (Å²) in [5, 5.41) is 92.6. The first-order valence-corrected chi connectivity index (χ1v) is 14.8. The lowest BCUT2D eigenvalue weighted by molar-refractivity contribution is -0.359. The second-order valence-corrected chi connectivity index (χ2v) is 11.7. The summed E-state index contributed by atoms with van der Waals surface area (Å²) in [4.78, 5) is 0. The lowest BCUT2D eigenvalue weighted by Gasteiger charge is -2.49. The molecule has 0 amide bonds. The molecule has 10 unspecified atom stereocenters. The van der Waals surface area contributed by atoms with Crippen molar-refractivity contribution in [2.75, 3.05) is 33.5 Å². The molecule has 0 aromatic heterocycles. The van der Waals surface area contributed by atoms with Crippen molar-refractivity contribution in [1.29, 1.82) is 0 Å². The summed E-state index contributed by atoms with van der Waals surface area (Å²) in [6, 6.07) is -5.19. The monoisotopic (exact) mass is 676 g/mol. The van der Waals surface area contributed by atoms with E-state index in [1.807, 2.05) is 0 Å². The van der Waals surface area contributed by atoms with E-state index in [1.54, 1.807) is 0 Å². The predicted octanol–water partition coefficient (Wildman–Crippen LogP) is -9.23. The van der Waals surface area contributed by atoms with Crippen molar-refractivity contribution in [2.45, 2.75) is 123 Å². The first-order chi connectivity index (χ1) is 21.8. The van der Waals surface area contributed by atoms with Gasteiger partial charge in [0.1, 0.15) is 73.2 Å². The van der Waals surface area contributed by atoms with Crippen LogP contribution in [0.4, 0.5) is 0 Å². The summed E-state index contributed by atoms with van der Waals surface area (Å²) in [6.45, 7) is -2.79. The predicted molar refractivity (Wildman–Crippen MR) is 147 cm³/mol. The highest BCUT2D eigenvalue weighted by atomic mass is 16.8. The van der Waals surface area contributed by atoms with E-state index in [2.05, 4.69) is 0 Å². The molecule has 46 heavy (non-hydrogen) atoms. The maximum atomic E-state index is 11.1. The third-order valence-corrected chi connectivity index (χ3v) is 8.74. The van der Waals surface area contributed by atoms with E-state index in [0.29, 0.717) is 0 Å². The number of aliphatic hydroxyl groups is 9. The summed E-state index contributed by atoms with van der Waals surface area (Å²) in [5.74, 6) is 0. The largest absolute Gasteiger partial charge is 0.394 e. The third kappa shape index (κ3) is 7.50. The molecule has 270 valence electrons. The van der Waals surface area contributed by atoms with Gasteiger partial charge in [-0.3, -0.25) is 0 Å². The maximum absolute atomic E-state index is 11.1. The van der Waals surface area contributed by atoms with Crippen molar-refractivity contribution in [3.05, 3.63) is 0 Å². The van der Waals surface area contributed by atoms with E-state index in [4.69, 9.17) is 60.8 Å². The van der Waals surface area contributed by atoms with Crippen LogP contribution in [-0.4, -0.2) is 202 Å². The van der Waals surface area contributed by atoms with Crippen LogP contribution in [0.5, 0.6) is 0 Å². The quantitative estimate of drug-likeness (QED) is 0.0965. The second-order valence-electron chi connectivity index (χ2n) is 11.7. The molecule has 21 heteroatoms. The molecule has 0 aromatic rings. The van der Waals surface area contributed by atoms with Crippen LogP contribution in [0.2, 0.25) is 0 Å². The molecule has 4 rings (SSSR count). The van der Waals surface area contributed by atoms with E-state index < -0.39 is 149 Å². The number of hydrogen-bond acceptors (Lipinski definition) is 21. The number of aliphatic hydroxyl groups excluding tert-OH is 9. The van der Waals surface area contributed by atoms with Gasteiger partial charge in [-0.05, 0) is 0 Å². The van der Waals surface area contributed by atoms with Crippen molar-refractivity contribution in [3.63, 3.8) is 0 Å². The fraction of sp³-hybridized carbons (Fsp3) is 1.00. The molecule has 0 aromatic carbocycles. The summed E-state index contributed by atoms with van der Waals surface area (Å²) >= 11 is 0. The second kappa shape index (κ2) is 16.2. The van der Waals surface area contributed by atoms with Gasteiger partial charge in [0.25, 0.3) is 0 Å². The zero-order chi connectivity index (χ0) is 34.0. The topological polar surface area (TPSA) is 360 Å². The Morgan fingerprint density at radius 3 is 1.04 bits per heavy atom. The van der Waals surface area contributed by atoms with E-state index in [9.17, 15) is 46.0 Å². The van der Waals surface area contributed by atoms with E-state index >= 15 is 0 Å². The van der Waals surface area contributed by atoms with Gasteiger partial charge in [-0.2, -0.15) is 0 Å². The molecule has 0 bridgehead atoms. The van der Waals surface area contributed by atoms with Gasteiger partial charge >= 0.3 is 0 Å². The van der Waals surface area contributed by atoms with E-state index in [-0.39, 0.29) is 0 Å². The Morgan fingerprint density at radius 1 is 0.435 bits per heavy atom. The molecule has 0 radical (unpaired) electrons. The van der Waals surface area contributed by atoms with Gasteiger partial charge in [0.2, 0.25) is 0 Å². The Kier molecular flexibility index (Phi) is 13.4. The standard InChI is InChI=1S/C25H48N4O17/c1-39-22-11(27)16(36)19(7(3-31)41-22)45-24-13(29)18(38)21(9(5-33)43-24)46-25-12(28)17(37)20(8(4-32)42-25)44-23-10(26)15(35)14(34)6(2-30)40-23/h6-25,30-38H,2-5,26-29H2,1H3/t6?,7?,8?,9?,10-,11+,12+,13-,14?,15+,16?,17?,18+,19-,20-,21?,22-,23?,24?,25+/m0/s1. The molecule has 4 fully saturated rings. The Bertz CT molecular complexity index is 941. The van der Waals surface area contributed by atoms with Crippen LogP contribution in [0.3, 0.4) is 0 Å². The van der Waals surface area contributed by atoms with Crippen LogP contribution >= 0.6 is 0 Å². The number of methoxy groups -OCH3 is 1. The van der Waals surface area contributed by atoms with Gasteiger partial charge < -0.3 is 107 Å². The molecule has 4 heterocycles. The Morgan fingerprint density at radius 2 is 0.717 bits per heavy atom. The van der Waals surface area contributed by atoms with Gasteiger partial charge in [0.15, 0.2) is 25.2 Å². The molecule has 4 aliphatic heterocycles. The molecular formula is C25H48N4O17. The van der Waals surface area contributed by atoms with Crippen LogP contribution in [-0.2, 0) is 37.9 Å². The molecule has 21 nitrogen and oxygen atoms in total. The SMILES string of the molecule is CO[C@H]1OC(CO)[C@H](OC2OC(CO)C(O[C@H]3OC(CO)[C@H](OC4OC(CO)C(O)[C@H](O)[C@@H]4N)C(O)[C@H]3N)[C@H](O)[C@@H]2N)C(O)[C@H]1N. The van der Waals surface area contributed by atoms with Crippen LogP contribution in [0.25, 0.3) is 0 Å². The number of rotatable bonds is 11. The van der Waals surface area contributed by atoms with Crippen LogP contribution in [0.15, 0.2) is 0 Å². The van der Waals surface area contributed by atoms with E-state index in [0.717, 1.165) is 0 Å². The minimum absolute atomic E-state index is 0.604. The van der Waals surface area contributed by atoms with E-state index in [1.165, 1.54) is 7.11 Å². The summed E-state index contributed by atoms with van der Waals surface area (Å²) in [5.41, 5.74) is 24.3. The van der Waals surface area contributed by atoms with Crippen molar-refractivity contribution >= 4 is 0 Å². The average Bonchev–Trinajstić information content (AvgIpc) is 3.05. The first kappa shape index (κ1) is 38.0. The van der Waals surface area contributed by atoms with Gasteiger partial charge in [0.05, 0.1) is 50.6 Å². The lowest BCUT2D eigenvalue weighted by atomic mass is 9.94. The zero-order valence-electron chi connectivity index (χ0n) is 25.0. The van der Waals surface area contributed by atoms with Crippen LogP contribution in [0.1, 0.15) is 0 Å². The summed E-state index contributed by atoms with van der Waals surface area (Å²) < 4.78 is 44.9. The molecule has 0 spiro atoms. The number of ether oxygens (including phenoxy) is 8. The molecule has 4 saturated heterocycles. The molecule has 20 atom stereocenters. The Labute approximate surface area is 263 Å². The van der Waals surface area contributed by atoms with Gasteiger partial charge in [-0.15, -0.1) is 0 Å². The fourth-order valence-corrected chi connectivity index (χ4v) is 5.92. The van der Waals surface area contributed by atoms with Crippen molar-refractivity contribution in [1.82, 2.24) is 0 Å². The molecule has 17 N–H and O–H groups in total. The first-order valence-electron chi connectivity index (χ1n) is 14.8. The highest BCUT2D eigenvalue weighted by Gasteiger charge is 2.54. The van der Waals surface area contributed by atoms with Crippen LogP contribution in [0, 0.1) is 0 Å². The average molecular weight is 677 g/mol. The number of nitrogens with two attached hydrogens (primary N) is 4. The van der Waals surface area contributed by atoms with Gasteiger partial charge in [-0.25, -0.2) is 0 Å². The highest BCUT2D eigenvalue weighted by Crippen LogP contribution is 2.33. The van der Waals surface area contributed by atoms with Crippen molar-refractivity contribution in [2.24, 2.45) is 22.9 Å². The maximum Gasteiger partial charge on any atom is 0.176 e. The molecular weight excluding hydrogens is 628 g/mol. The normalized spacial score (nSPS) is 52.0. The molecule has 0 saturated carbocycles. The minimum Gasteiger partial charge on any atom is -0.394 e.